The smallest absolute Gasteiger partial charge is 0.355 e. The van der Waals surface area contributed by atoms with Gasteiger partial charge in [0.2, 0.25) is 11.7 Å². The van der Waals surface area contributed by atoms with Crippen LogP contribution in [-0.2, 0) is 21.0 Å². The molecule has 0 radical (unpaired) electrons. The second kappa shape index (κ2) is 14.4. The molecule has 5 rings (SSSR count). The summed E-state index contributed by atoms with van der Waals surface area (Å²) in [5.41, 5.74) is 0.904. The predicted molar refractivity (Wildman–Crippen MR) is 161 cm³/mol. The van der Waals surface area contributed by atoms with E-state index in [2.05, 4.69) is 22.1 Å². The first-order valence-electron chi connectivity index (χ1n) is 13.8. The minimum atomic E-state index is -0.453. The predicted octanol–water partition coefficient (Wildman–Crippen LogP) is 6.82. The van der Waals surface area contributed by atoms with Crippen LogP contribution >= 0.6 is 34.3 Å². The van der Waals surface area contributed by atoms with Gasteiger partial charge in [-0.1, -0.05) is 28.9 Å². The fraction of sp³-hybridized carbons (Fsp3) is 0.400. The molecule has 1 aliphatic carbocycles. The third-order valence-electron chi connectivity index (χ3n) is 7.48. The van der Waals surface area contributed by atoms with Crippen LogP contribution in [0.1, 0.15) is 64.0 Å². The number of hydrogen-bond acceptors (Lipinski definition) is 11. The Morgan fingerprint density at radius 3 is 2.50 bits per heavy atom. The number of ether oxygens (including phenoxy) is 1. The molecule has 42 heavy (non-hydrogen) atoms. The Hall–Kier alpha value is -3.09. The van der Waals surface area contributed by atoms with Gasteiger partial charge in [0.15, 0.2) is 6.29 Å². The van der Waals surface area contributed by atoms with Crippen LogP contribution in [0.2, 0.25) is 5.02 Å². The Kier molecular flexibility index (Phi) is 10.4. The number of methoxy groups -OCH3 is 1. The molecule has 4 aromatic rings. The van der Waals surface area contributed by atoms with Gasteiger partial charge in [0.05, 0.1) is 17.7 Å². The van der Waals surface area contributed by atoms with Crippen LogP contribution in [0.15, 0.2) is 51.7 Å². The van der Waals surface area contributed by atoms with Crippen LogP contribution in [0.3, 0.4) is 0 Å². The Balaban J connectivity index is 1.05. The average molecular weight is 630 g/mol. The number of aldehydes is 1. The number of halogens is 1. The molecule has 0 unspecified atom stereocenters. The molecule has 1 saturated carbocycles. The average Bonchev–Trinajstić information content (AvgIpc) is 3.81. The zero-order valence-electron chi connectivity index (χ0n) is 23.4. The highest BCUT2D eigenvalue weighted by Gasteiger charge is 2.30. The first-order chi connectivity index (χ1) is 20.5. The molecule has 0 bridgehead atoms. The molecule has 0 amide bonds. The molecule has 0 spiro atoms. The Morgan fingerprint density at radius 2 is 1.88 bits per heavy atom. The fourth-order valence-corrected chi connectivity index (χ4v) is 7.16. The number of carbonyl (C=O) groups excluding carboxylic acids is 2. The van der Waals surface area contributed by atoms with Crippen LogP contribution in [0.4, 0.5) is 0 Å². The van der Waals surface area contributed by atoms with E-state index in [9.17, 15) is 9.59 Å². The van der Waals surface area contributed by atoms with E-state index < -0.39 is 5.92 Å². The Bertz CT molecular complexity index is 1420. The van der Waals surface area contributed by atoms with Gasteiger partial charge in [-0.25, -0.2) is 4.79 Å². The topological polar surface area (TPSA) is 104 Å². The van der Waals surface area contributed by atoms with Crippen molar-refractivity contribution in [1.29, 1.82) is 0 Å². The van der Waals surface area contributed by atoms with E-state index in [0.29, 0.717) is 52.4 Å². The van der Waals surface area contributed by atoms with Crippen molar-refractivity contribution < 1.29 is 28.6 Å². The Labute approximate surface area is 257 Å². The maximum Gasteiger partial charge on any atom is 0.355 e. The van der Waals surface area contributed by atoms with Crippen LogP contribution in [0.5, 0.6) is 5.75 Å². The SMILES string of the molecule is COc1cc(-c2noc(CCCN(C)C3CCC(OOC(=O)C(c4cccs4)c4cccs4)CC3)n2)c(Cl)cc1C=O. The zero-order valence-corrected chi connectivity index (χ0v) is 25.8. The molecule has 0 atom stereocenters. The number of rotatable bonds is 13. The van der Waals surface area contributed by atoms with Gasteiger partial charge in [0.25, 0.3) is 0 Å². The lowest BCUT2D eigenvalue weighted by molar-refractivity contribution is -0.303. The van der Waals surface area contributed by atoms with Crippen molar-refractivity contribution >= 4 is 46.5 Å². The fourth-order valence-electron chi connectivity index (χ4n) is 5.17. The number of benzene rings is 1. The maximum absolute atomic E-state index is 13.0. The van der Waals surface area contributed by atoms with Crippen molar-refractivity contribution in [3.63, 3.8) is 0 Å². The van der Waals surface area contributed by atoms with E-state index in [1.807, 2.05) is 35.0 Å². The monoisotopic (exact) mass is 629 g/mol. The summed E-state index contributed by atoms with van der Waals surface area (Å²) in [6.07, 6.45) is 5.63. The number of aryl methyl sites for hydroxylation is 1. The molecule has 3 heterocycles. The molecular formula is C30H32ClN3O6S2. The lowest BCUT2D eigenvalue weighted by Gasteiger charge is -2.33. The molecule has 12 heteroatoms. The number of hydrogen-bond donors (Lipinski definition) is 0. The van der Waals surface area contributed by atoms with Crippen molar-refractivity contribution in [3.8, 4) is 17.1 Å². The van der Waals surface area contributed by atoms with E-state index in [-0.39, 0.29) is 12.1 Å². The van der Waals surface area contributed by atoms with Crippen molar-refractivity contribution in [1.82, 2.24) is 15.0 Å². The summed E-state index contributed by atoms with van der Waals surface area (Å²) in [5.74, 6) is 0.454. The van der Waals surface area contributed by atoms with Gasteiger partial charge in [0.1, 0.15) is 17.8 Å². The molecule has 1 fully saturated rings. The molecule has 0 saturated heterocycles. The molecule has 3 aromatic heterocycles. The third kappa shape index (κ3) is 7.27. The standard InChI is InChI=1S/C30H32ClN3O6S2/c1-34(13-3-8-27-32-29(33-38-27)22-17-24(37-2)19(18-35)16-23(22)31)20-9-11-21(12-10-20)39-40-30(36)28(25-6-4-14-41-25)26-7-5-15-42-26/h4-7,14-18,20-21,28H,3,8-13H2,1-2H3. The van der Waals surface area contributed by atoms with Gasteiger partial charge in [-0.05, 0) is 80.7 Å². The number of aromatic nitrogens is 2. The number of nitrogens with zero attached hydrogens (tertiary/aromatic N) is 3. The van der Waals surface area contributed by atoms with Gasteiger partial charge in [-0.3, -0.25) is 9.68 Å². The minimum absolute atomic E-state index is 0.103. The van der Waals surface area contributed by atoms with Gasteiger partial charge < -0.3 is 14.2 Å². The first kappa shape index (κ1) is 30.4. The number of carbonyl (C=O) groups is 2. The summed E-state index contributed by atoms with van der Waals surface area (Å²) in [6, 6.07) is 11.4. The Morgan fingerprint density at radius 1 is 1.17 bits per heavy atom. The van der Waals surface area contributed by atoms with Gasteiger partial charge in [0, 0.05) is 27.8 Å². The molecule has 1 aliphatic rings. The van der Waals surface area contributed by atoms with E-state index in [0.717, 1.165) is 48.4 Å². The first-order valence-corrected chi connectivity index (χ1v) is 15.9. The molecule has 0 N–H and O–H groups in total. The van der Waals surface area contributed by atoms with Crippen molar-refractivity contribution in [2.75, 3.05) is 20.7 Å². The van der Waals surface area contributed by atoms with E-state index >= 15 is 0 Å². The summed E-state index contributed by atoms with van der Waals surface area (Å²) < 4.78 is 10.7. The summed E-state index contributed by atoms with van der Waals surface area (Å²) in [7, 11) is 3.61. The largest absolute Gasteiger partial charge is 0.496 e. The summed E-state index contributed by atoms with van der Waals surface area (Å²) >= 11 is 9.42. The summed E-state index contributed by atoms with van der Waals surface area (Å²) in [5, 5.41) is 8.35. The van der Waals surface area contributed by atoms with Crippen LogP contribution in [0, 0.1) is 0 Å². The highest BCUT2D eigenvalue weighted by atomic mass is 35.5. The van der Waals surface area contributed by atoms with Crippen molar-refractivity contribution in [2.45, 2.75) is 56.6 Å². The second-order valence-corrected chi connectivity index (χ2v) is 12.5. The van der Waals surface area contributed by atoms with Crippen molar-refractivity contribution in [2.24, 2.45) is 0 Å². The third-order valence-corrected chi connectivity index (χ3v) is 9.67. The van der Waals surface area contributed by atoms with Gasteiger partial charge in [-0.15, -0.1) is 22.7 Å². The van der Waals surface area contributed by atoms with Crippen LogP contribution in [0.25, 0.3) is 11.4 Å². The van der Waals surface area contributed by atoms with E-state index in [1.165, 1.54) is 13.2 Å². The minimum Gasteiger partial charge on any atom is -0.496 e. The van der Waals surface area contributed by atoms with E-state index in [1.54, 1.807) is 28.7 Å². The molecule has 0 aliphatic heterocycles. The molecule has 222 valence electrons. The highest BCUT2D eigenvalue weighted by molar-refractivity contribution is 7.11. The molecule has 9 nitrogen and oxygen atoms in total. The molecule has 1 aromatic carbocycles. The maximum atomic E-state index is 13.0. The van der Waals surface area contributed by atoms with Gasteiger partial charge >= 0.3 is 5.97 Å². The normalized spacial score (nSPS) is 17.1. The molecular weight excluding hydrogens is 598 g/mol. The lowest BCUT2D eigenvalue weighted by Crippen LogP contribution is -2.38. The zero-order chi connectivity index (χ0) is 29.5. The van der Waals surface area contributed by atoms with Crippen LogP contribution < -0.4 is 4.74 Å². The summed E-state index contributed by atoms with van der Waals surface area (Å²) in [4.78, 5) is 43.9. The van der Waals surface area contributed by atoms with Gasteiger partial charge in [-0.2, -0.15) is 9.87 Å². The second-order valence-electron chi connectivity index (χ2n) is 10.2. The van der Waals surface area contributed by atoms with Crippen molar-refractivity contribution in [3.05, 3.63) is 73.4 Å². The highest BCUT2D eigenvalue weighted by Crippen LogP contribution is 2.34. The lowest BCUT2D eigenvalue weighted by atomic mass is 9.92. The van der Waals surface area contributed by atoms with Crippen LogP contribution in [-0.4, -0.2) is 60.1 Å². The summed E-state index contributed by atoms with van der Waals surface area (Å²) in [6.45, 7) is 0.870. The van der Waals surface area contributed by atoms with E-state index in [4.69, 9.17) is 30.6 Å². The quantitative estimate of drug-likeness (QED) is 0.0895. The number of thiophene rings is 2.